The molecule has 0 saturated heterocycles. The molecule has 0 N–H and O–H groups in total. The van der Waals surface area contributed by atoms with Crippen molar-refractivity contribution in [2.45, 2.75) is 32.1 Å². The molecular formula is C13H18O2. The van der Waals surface area contributed by atoms with E-state index in [1.165, 1.54) is 19.3 Å². The molecule has 4 atom stereocenters. The van der Waals surface area contributed by atoms with E-state index < -0.39 is 0 Å². The van der Waals surface area contributed by atoms with E-state index in [2.05, 4.69) is 12.2 Å². The normalized spacial score (nSPS) is 46.6. The maximum Gasteiger partial charge on any atom is 0.312 e. The standard InChI is InChI=1S/C13H18O2/c1-15-12(14)13-7-3-2-4-11(13)9-5-6-10(13)8-9/h2-3,9-11H,4-8H2,1H3/t9-,10+,11-,13+/m0/s1. The van der Waals surface area contributed by atoms with Crippen LogP contribution in [0.3, 0.4) is 0 Å². The van der Waals surface area contributed by atoms with Crippen molar-refractivity contribution in [3.05, 3.63) is 12.2 Å². The number of carbonyl (C=O) groups excluding carboxylic acids is 1. The molecule has 3 rings (SSSR count). The van der Waals surface area contributed by atoms with Gasteiger partial charge in [0.05, 0.1) is 12.5 Å². The Morgan fingerprint density at radius 1 is 1.40 bits per heavy atom. The van der Waals surface area contributed by atoms with Gasteiger partial charge in [0.25, 0.3) is 0 Å². The van der Waals surface area contributed by atoms with Gasteiger partial charge in [-0.15, -0.1) is 0 Å². The fourth-order valence-electron chi connectivity index (χ4n) is 4.41. The van der Waals surface area contributed by atoms with Crippen molar-refractivity contribution >= 4 is 5.97 Å². The maximum absolute atomic E-state index is 12.1. The first-order chi connectivity index (χ1) is 7.29. The van der Waals surface area contributed by atoms with Gasteiger partial charge in [0, 0.05) is 0 Å². The molecule has 0 unspecified atom stereocenters. The lowest BCUT2D eigenvalue weighted by molar-refractivity contribution is -0.160. The number of ether oxygens (including phenoxy) is 1. The summed E-state index contributed by atoms with van der Waals surface area (Å²) in [5.74, 6) is 2.03. The van der Waals surface area contributed by atoms with Crippen LogP contribution in [0.4, 0.5) is 0 Å². The molecule has 3 aliphatic rings. The van der Waals surface area contributed by atoms with Crippen LogP contribution in [-0.4, -0.2) is 13.1 Å². The predicted molar refractivity (Wildman–Crippen MR) is 57.1 cm³/mol. The van der Waals surface area contributed by atoms with Crippen molar-refractivity contribution in [1.82, 2.24) is 0 Å². The summed E-state index contributed by atoms with van der Waals surface area (Å²) in [5.41, 5.74) is -0.133. The zero-order chi connectivity index (χ0) is 10.5. The number of hydrogen-bond donors (Lipinski definition) is 0. The molecule has 0 aromatic carbocycles. The molecule has 2 bridgehead atoms. The minimum Gasteiger partial charge on any atom is -0.469 e. The largest absolute Gasteiger partial charge is 0.469 e. The third kappa shape index (κ3) is 1.03. The zero-order valence-electron chi connectivity index (χ0n) is 9.24. The average molecular weight is 206 g/mol. The van der Waals surface area contributed by atoms with Crippen molar-refractivity contribution in [2.24, 2.45) is 23.2 Å². The van der Waals surface area contributed by atoms with Crippen LogP contribution in [0, 0.1) is 23.2 Å². The summed E-state index contributed by atoms with van der Waals surface area (Å²) in [4.78, 5) is 12.1. The van der Waals surface area contributed by atoms with E-state index in [0.29, 0.717) is 11.8 Å². The molecule has 0 aromatic rings. The zero-order valence-corrected chi connectivity index (χ0v) is 9.24. The van der Waals surface area contributed by atoms with E-state index in [4.69, 9.17) is 4.74 Å². The van der Waals surface area contributed by atoms with Crippen LogP contribution in [0.5, 0.6) is 0 Å². The van der Waals surface area contributed by atoms with Crippen molar-refractivity contribution in [3.8, 4) is 0 Å². The second-order valence-electron chi connectivity index (χ2n) is 5.32. The van der Waals surface area contributed by atoms with Crippen LogP contribution in [-0.2, 0) is 9.53 Å². The lowest BCUT2D eigenvalue weighted by Gasteiger charge is -2.42. The Balaban J connectivity index is 2.02. The summed E-state index contributed by atoms with van der Waals surface area (Å²) in [6, 6.07) is 0. The number of fused-ring (bicyclic) bond motifs is 5. The van der Waals surface area contributed by atoms with Gasteiger partial charge in [-0.05, 0) is 49.9 Å². The molecule has 2 fully saturated rings. The number of hydrogen-bond acceptors (Lipinski definition) is 2. The fourth-order valence-corrected chi connectivity index (χ4v) is 4.41. The quantitative estimate of drug-likeness (QED) is 0.487. The van der Waals surface area contributed by atoms with Gasteiger partial charge in [0.2, 0.25) is 0 Å². The SMILES string of the molecule is COC(=O)[C@@]12CC=CC[C@H]1[C@H]1CC[C@@H]2C1. The van der Waals surface area contributed by atoms with Gasteiger partial charge < -0.3 is 4.74 Å². The van der Waals surface area contributed by atoms with E-state index in [0.717, 1.165) is 18.8 Å². The maximum atomic E-state index is 12.1. The molecule has 0 heterocycles. The molecule has 0 aliphatic heterocycles. The molecular weight excluding hydrogens is 188 g/mol. The van der Waals surface area contributed by atoms with Crippen molar-refractivity contribution in [3.63, 3.8) is 0 Å². The molecule has 0 aromatic heterocycles. The first-order valence-electron chi connectivity index (χ1n) is 6.02. The minimum atomic E-state index is -0.133. The van der Waals surface area contributed by atoms with Crippen LogP contribution in [0.25, 0.3) is 0 Å². The van der Waals surface area contributed by atoms with Gasteiger partial charge in [-0.25, -0.2) is 0 Å². The monoisotopic (exact) mass is 206 g/mol. The predicted octanol–water partition coefficient (Wildman–Crippen LogP) is 2.54. The summed E-state index contributed by atoms with van der Waals surface area (Å²) in [6.07, 6.45) is 10.3. The fraction of sp³-hybridized carbons (Fsp3) is 0.769. The summed E-state index contributed by atoms with van der Waals surface area (Å²) in [7, 11) is 1.54. The smallest absolute Gasteiger partial charge is 0.312 e. The Morgan fingerprint density at radius 3 is 3.07 bits per heavy atom. The summed E-state index contributed by atoms with van der Waals surface area (Å²) in [5, 5.41) is 0. The Hall–Kier alpha value is -0.790. The third-order valence-electron chi connectivity index (χ3n) is 5.01. The Bertz CT molecular complexity index is 320. The highest BCUT2D eigenvalue weighted by Gasteiger charge is 2.62. The summed E-state index contributed by atoms with van der Waals surface area (Å²) < 4.78 is 5.07. The molecule has 0 radical (unpaired) electrons. The van der Waals surface area contributed by atoms with E-state index in [1.807, 2.05) is 0 Å². The van der Waals surface area contributed by atoms with E-state index in [1.54, 1.807) is 7.11 Å². The minimum absolute atomic E-state index is 0.0593. The van der Waals surface area contributed by atoms with E-state index in [9.17, 15) is 4.79 Å². The second kappa shape index (κ2) is 3.10. The van der Waals surface area contributed by atoms with Gasteiger partial charge in [-0.2, -0.15) is 0 Å². The lowest BCUT2D eigenvalue weighted by atomic mass is 9.61. The molecule has 3 aliphatic carbocycles. The average Bonchev–Trinajstić information content (AvgIpc) is 2.88. The Kier molecular flexibility index (Phi) is 1.95. The van der Waals surface area contributed by atoms with E-state index in [-0.39, 0.29) is 11.4 Å². The van der Waals surface area contributed by atoms with Gasteiger partial charge in [0.15, 0.2) is 0 Å². The molecule has 0 spiro atoms. The highest BCUT2D eigenvalue weighted by Crippen LogP contribution is 2.64. The van der Waals surface area contributed by atoms with Crippen LogP contribution in [0.1, 0.15) is 32.1 Å². The number of carbonyl (C=O) groups is 1. The first-order valence-corrected chi connectivity index (χ1v) is 6.02. The number of rotatable bonds is 1. The number of allylic oxidation sites excluding steroid dienone is 2. The molecule has 2 saturated carbocycles. The Labute approximate surface area is 90.7 Å². The third-order valence-corrected chi connectivity index (χ3v) is 5.01. The van der Waals surface area contributed by atoms with Crippen LogP contribution < -0.4 is 0 Å². The molecule has 82 valence electrons. The van der Waals surface area contributed by atoms with Gasteiger partial charge >= 0.3 is 5.97 Å². The van der Waals surface area contributed by atoms with Gasteiger partial charge in [-0.1, -0.05) is 12.2 Å². The van der Waals surface area contributed by atoms with Gasteiger partial charge in [0.1, 0.15) is 0 Å². The van der Waals surface area contributed by atoms with Crippen LogP contribution in [0.15, 0.2) is 12.2 Å². The van der Waals surface area contributed by atoms with E-state index >= 15 is 0 Å². The van der Waals surface area contributed by atoms with Crippen molar-refractivity contribution < 1.29 is 9.53 Å². The highest BCUT2D eigenvalue weighted by atomic mass is 16.5. The van der Waals surface area contributed by atoms with Crippen LogP contribution >= 0.6 is 0 Å². The second-order valence-corrected chi connectivity index (χ2v) is 5.32. The van der Waals surface area contributed by atoms with Crippen molar-refractivity contribution in [1.29, 1.82) is 0 Å². The highest BCUT2D eigenvalue weighted by molar-refractivity contribution is 5.79. The molecule has 2 nitrogen and oxygen atoms in total. The Morgan fingerprint density at radius 2 is 2.27 bits per heavy atom. The molecule has 2 heteroatoms. The lowest BCUT2D eigenvalue weighted by Crippen LogP contribution is -2.45. The van der Waals surface area contributed by atoms with Crippen LogP contribution in [0.2, 0.25) is 0 Å². The van der Waals surface area contributed by atoms with Crippen molar-refractivity contribution in [2.75, 3.05) is 7.11 Å². The topological polar surface area (TPSA) is 26.3 Å². The number of methoxy groups -OCH3 is 1. The molecule has 0 amide bonds. The first kappa shape index (κ1) is 9.44. The molecule has 15 heavy (non-hydrogen) atoms. The number of esters is 1. The summed E-state index contributed by atoms with van der Waals surface area (Å²) in [6.45, 7) is 0. The summed E-state index contributed by atoms with van der Waals surface area (Å²) >= 11 is 0. The van der Waals surface area contributed by atoms with Gasteiger partial charge in [-0.3, -0.25) is 4.79 Å².